The quantitative estimate of drug-likeness (QED) is 0.769. The maximum absolute atomic E-state index is 12.7. The number of thioether (sulfide) groups is 1. The number of halogens is 1. The predicted octanol–water partition coefficient (Wildman–Crippen LogP) is 3.68. The largest absolute Gasteiger partial charge is 0.327 e. The maximum atomic E-state index is 12.7. The Labute approximate surface area is 102 Å². The number of hydrogen-bond donors (Lipinski definition) is 1. The van der Waals surface area contributed by atoms with Gasteiger partial charge in [-0.25, -0.2) is 4.39 Å². The molecule has 3 heteroatoms. The number of nitrogens with two attached hydrogens (primary N) is 1. The maximum Gasteiger partial charge on any atom is 0.123 e. The summed E-state index contributed by atoms with van der Waals surface area (Å²) in [5.74, 6) is 1.31. The van der Waals surface area contributed by atoms with Gasteiger partial charge in [0.25, 0.3) is 0 Å². The summed E-state index contributed by atoms with van der Waals surface area (Å²) < 4.78 is 12.7. The second-order valence-corrected chi connectivity index (χ2v) is 5.10. The van der Waals surface area contributed by atoms with E-state index in [9.17, 15) is 4.39 Å². The topological polar surface area (TPSA) is 26.0 Å². The first-order valence-corrected chi connectivity index (χ1v) is 6.79. The van der Waals surface area contributed by atoms with Crippen molar-refractivity contribution in [2.75, 3.05) is 5.75 Å². The van der Waals surface area contributed by atoms with Crippen LogP contribution in [0.3, 0.4) is 0 Å². The first-order valence-electron chi connectivity index (χ1n) is 5.81. The van der Waals surface area contributed by atoms with Crippen molar-refractivity contribution in [1.82, 2.24) is 0 Å². The lowest BCUT2D eigenvalue weighted by Crippen LogP contribution is -2.31. The molecule has 1 nitrogen and oxygen atoms in total. The van der Waals surface area contributed by atoms with E-state index in [4.69, 9.17) is 5.73 Å². The van der Waals surface area contributed by atoms with Crippen LogP contribution in [0.15, 0.2) is 29.2 Å². The van der Waals surface area contributed by atoms with Gasteiger partial charge >= 0.3 is 0 Å². The molecule has 1 unspecified atom stereocenters. The molecule has 0 spiro atoms. The second-order valence-electron chi connectivity index (χ2n) is 4.01. The average Bonchev–Trinajstić information content (AvgIpc) is 2.30. The molecule has 16 heavy (non-hydrogen) atoms. The summed E-state index contributed by atoms with van der Waals surface area (Å²) in [7, 11) is 0. The van der Waals surface area contributed by atoms with Crippen LogP contribution in [-0.2, 0) is 0 Å². The van der Waals surface area contributed by atoms with Gasteiger partial charge in [-0.1, -0.05) is 26.7 Å². The molecular weight excluding hydrogens is 221 g/mol. The molecule has 0 aliphatic rings. The Hall–Kier alpha value is -0.540. The van der Waals surface area contributed by atoms with Crippen molar-refractivity contribution < 1.29 is 4.39 Å². The summed E-state index contributed by atoms with van der Waals surface area (Å²) in [6.07, 6.45) is 2.25. The predicted molar refractivity (Wildman–Crippen MR) is 69.2 cm³/mol. The molecule has 0 aliphatic heterocycles. The van der Waals surface area contributed by atoms with E-state index in [1.807, 2.05) is 0 Å². The summed E-state index contributed by atoms with van der Waals surface area (Å²) in [5.41, 5.74) is 6.12. The van der Waals surface area contributed by atoms with Gasteiger partial charge in [0.1, 0.15) is 5.82 Å². The van der Waals surface area contributed by atoms with Crippen molar-refractivity contribution in [1.29, 1.82) is 0 Å². The van der Waals surface area contributed by atoms with E-state index in [0.29, 0.717) is 5.92 Å². The van der Waals surface area contributed by atoms with Crippen LogP contribution in [0.2, 0.25) is 0 Å². The fourth-order valence-corrected chi connectivity index (χ4v) is 2.74. The highest BCUT2D eigenvalue weighted by molar-refractivity contribution is 7.99. The third-order valence-corrected chi connectivity index (χ3v) is 4.07. The molecule has 0 saturated carbocycles. The highest BCUT2D eigenvalue weighted by Crippen LogP contribution is 2.22. The number of benzene rings is 1. The van der Waals surface area contributed by atoms with Crippen molar-refractivity contribution >= 4 is 11.8 Å². The minimum atomic E-state index is -0.186. The van der Waals surface area contributed by atoms with Crippen molar-refractivity contribution in [3.63, 3.8) is 0 Å². The first-order chi connectivity index (χ1) is 7.67. The second kappa shape index (κ2) is 6.92. The van der Waals surface area contributed by atoms with E-state index in [1.54, 1.807) is 23.9 Å². The van der Waals surface area contributed by atoms with Gasteiger partial charge in [0.2, 0.25) is 0 Å². The molecular formula is C13H20FNS. The van der Waals surface area contributed by atoms with Gasteiger partial charge in [0, 0.05) is 16.7 Å². The van der Waals surface area contributed by atoms with Crippen molar-refractivity contribution in [2.24, 2.45) is 11.7 Å². The smallest absolute Gasteiger partial charge is 0.123 e. The molecule has 0 fully saturated rings. The van der Waals surface area contributed by atoms with E-state index in [0.717, 1.165) is 23.5 Å². The Kier molecular flexibility index (Phi) is 5.85. The number of hydrogen-bond acceptors (Lipinski definition) is 2. The lowest BCUT2D eigenvalue weighted by atomic mass is 9.96. The number of rotatable bonds is 6. The van der Waals surface area contributed by atoms with Gasteiger partial charge in [0.15, 0.2) is 0 Å². The summed E-state index contributed by atoms with van der Waals surface area (Å²) in [5, 5.41) is 0. The molecule has 1 aromatic rings. The average molecular weight is 241 g/mol. The van der Waals surface area contributed by atoms with Crippen molar-refractivity contribution in [3.05, 3.63) is 30.1 Å². The van der Waals surface area contributed by atoms with Crippen LogP contribution in [0.1, 0.15) is 26.7 Å². The molecule has 1 atom stereocenters. The summed E-state index contributed by atoms with van der Waals surface area (Å²) in [6, 6.07) is 6.82. The van der Waals surface area contributed by atoms with E-state index < -0.39 is 0 Å². The van der Waals surface area contributed by atoms with Gasteiger partial charge in [-0.15, -0.1) is 11.8 Å². The van der Waals surface area contributed by atoms with Gasteiger partial charge in [-0.2, -0.15) is 0 Å². The third kappa shape index (κ3) is 4.14. The normalized spacial score (nSPS) is 13.1. The van der Waals surface area contributed by atoms with Gasteiger partial charge in [0.05, 0.1) is 0 Å². The highest BCUT2D eigenvalue weighted by atomic mass is 32.2. The standard InChI is InChI=1S/C13H20FNS/c1-3-10(4-2)13(15)9-16-12-7-5-11(14)6-8-12/h5-8,10,13H,3-4,9,15H2,1-2H3. The van der Waals surface area contributed by atoms with Crippen LogP contribution in [0.5, 0.6) is 0 Å². The molecule has 1 aromatic carbocycles. The molecule has 2 N–H and O–H groups in total. The van der Waals surface area contributed by atoms with Gasteiger partial charge < -0.3 is 5.73 Å². The monoisotopic (exact) mass is 241 g/mol. The molecule has 0 radical (unpaired) electrons. The molecule has 0 aromatic heterocycles. The minimum Gasteiger partial charge on any atom is -0.327 e. The zero-order chi connectivity index (χ0) is 12.0. The lowest BCUT2D eigenvalue weighted by molar-refractivity contribution is 0.422. The summed E-state index contributed by atoms with van der Waals surface area (Å²) in [4.78, 5) is 1.09. The van der Waals surface area contributed by atoms with E-state index in [1.165, 1.54) is 12.1 Å². The molecule has 0 bridgehead atoms. The molecule has 1 rings (SSSR count). The van der Waals surface area contributed by atoms with E-state index in [2.05, 4.69) is 13.8 Å². The molecule has 0 aliphatic carbocycles. The molecule has 0 saturated heterocycles. The third-order valence-electron chi connectivity index (χ3n) is 2.91. The van der Waals surface area contributed by atoms with Crippen LogP contribution in [0.4, 0.5) is 4.39 Å². The zero-order valence-electron chi connectivity index (χ0n) is 9.95. The van der Waals surface area contributed by atoms with E-state index >= 15 is 0 Å². The first kappa shape index (κ1) is 13.5. The van der Waals surface area contributed by atoms with Crippen LogP contribution in [0, 0.1) is 11.7 Å². The Balaban J connectivity index is 2.42. The van der Waals surface area contributed by atoms with Crippen LogP contribution < -0.4 is 5.73 Å². The van der Waals surface area contributed by atoms with Crippen molar-refractivity contribution in [3.8, 4) is 0 Å². The fraction of sp³-hybridized carbons (Fsp3) is 0.538. The Morgan fingerprint density at radius 3 is 2.25 bits per heavy atom. The fourth-order valence-electron chi connectivity index (χ4n) is 1.75. The summed E-state index contributed by atoms with van der Waals surface area (Å²) >= 11 is 1.70. The van der Waals surface area contributed by atoms with E-state index in [-0.39, 0.29) is 11.9 Å². The zero-order valence-corrected chi connectivity index (χ0v) is 10.8. The van der Waals surface area contributed by atoms with Crippen LogP contribution in [0.25, 0.3) is 0 Å². The highest BCUT2D eigenvalue weighted by Gasteiger charge is 2.13. The Morgan fingerprint density at radius 1 is 1.19 bits per heavy atom. The molecule has 0 amide bonds. The van der Waals surface area contributed by atoms with Gasteiger partial charge in [-0.05, 0) is 30.2 Å². The van der Waals surface area contributed by atoms with Gasteiger partial charge in [-0.3, -0.25) is 0 Å². The van der Waals surface area contributed by atoms with Crippen LogP contribution >= 0.6 is 11.8 Å². The SMILES string of the molecule is CCC(CC)C(N)CSc1ccc(F)cc1. The van der Waals surface area contributed by atoms with Crippen molar-refractivity contribution in [2.45, 2.75) is 37.6 Å². The Morgan fingerprint density at radius 2 is 1.75 bits per heavy atom. The molecule has 0 heterocycles. The summed E-state index contributed by atoms with van der Waals surface area (Å²) in [6.45, 7) is 4.35. The minimum absolute atomic E-state index is 0.186. The van der Waals surface area contributed by atoms with Crippen LogP contribution in [-0.4, -0.2) is 11.8 Å². The lowest BCUT2D eigenvalue weighted by Gasteiger charge is -2.20. The Bertz CT molecular complexity index is 295. The molecule has 90 valence electrons.